The smallest absolute Gasteiger partial charge is 0.321 e. The van der Waals surface area contributed by atoms with Crippen molar-refractivity contribution < 1.29 is 14.6 Å². The molecule has 0 aromatic heterocycles. The van der Waals surface area contributed by atoms with E-state index in [4.69, 9.17) is 4.74 Å². The van der Waals surface area contributed by atoms with Crippen molar-refractivity contribution in [3.8, 4) is 5.75 Å². The van der Waals surface area contributed by atoms with Crippen LogP contribution in [0.3, 0.4) is 0 Å². The molecular weight excluding hydrogens is 266 g/mol. The number of fused-ring (bicyclic) bond motifs is 1. The third-order valence-corrected chi connectivity index (χ3v) is 4.91. The Morgan fingerprint density at radius 3 is 2.81 bits per heavy atom. The molecule has 2 aliphatic rings. The summed E-state index contributed by atoms with van der Waals surface area (Å²) in [6, 6.07) is 7.66. The number of carbonyl (C=O) groups is 1. The highest BCUT2D eigenvalue weighted by Crippen LogP contribution is 2.42. The lowest BCUT2D eigenvalue weighted by Crippen LogP contribution is -2.41. The molecule has 1 aromatic carbocycles. The van der Waals surface area contributed by atoms with Crippen LogP contribution in [-0.2, 0) is 4.79 Å². The van der Waals surface area contributed by atoms with E-state index in [9.17, 15) is 9.90 Å². The van der Waals surface area contributed by atoms with Gasteiger partial charge in [-0.25, -0.2) is 0 Å². The first-order chi connectivity index (χ1) is 10.1. The van der Waals surface area contributed by atoms with Crippen molar-refractivity contribution in [1.29, 1.82) is 0 Å². The van der Waals surface area contributed by atoms with Crippen molar-refractivity contribution in [2.75, 3.05) is 19.7 Å². The zero-order valence-corrected chi connectivity index (χ0v) is 12.5. The van der Waals surface area contributed by atoms with E-state index in [1.165, 1.54) is 18.4 Å². The molecule has 4 heteroatoms. The van der Waals surface area contributed by atoms with Gasteiger partial charge in [0.15, 0.2) is 0 Å². The fourth-order valence-corrected chi connectivity index (χ4v) is 3.88. The zero-order chi connectivity index (χ0) is 14.8. The van der Waals surface area contributed by atoms with Crippen molar-refractivity contribution >= 4 is 5.97 Å². The molecule has 0 amide bonds. The molecule has 2 fully saturated rings. The summed E-state index contributed by atoms with van der Waals surface area (Å²) in [5.74, 6) is 1.11. The van der Waals surface area contributed by atoms with Crippen LogP contribution in [0.25, 0.3) is 0 Å². The summed E-state index contributed by atoms with van der Waals surface area (Å²) in [7, 11) is 0. The van der Waals surface area contributed by atoms with E-state index >= 15 is 0 Å². The number of benzene rings is 1. The molecule has 0 bridgehead atoms. The highest BCUT2D eigenvalue weighted by atomic mass is 16.5. The monoisotopic (exact) mass is 289 g/mol. The molecule has 3 rings (SSSR count). The number of likely N-dealkylation sites (tertiary alicyclic amines) is 1. The average molecular weight is 289 g/mol. The van der Waals surface area contributed by atoms with E-state index in [0.29, 0.717) is 25.0 Å². The minimum Gasteiger partial charge on any atom is -0.492 e. The van der Waals surface area contributed by atoms with Gasteiger partial charge in [0.1, 0.15) is 18.4 Å². The predicted molar refractivity (Wildman–Crippen MR) is 80.5 cm³/mol. The lowest BCUT2D eigenvalue weighted by molar-refractivity contribution is -0.143. The van der Waals surface area contributed by atoms with Crippen LogP contribution in [0.15, 0.2) is 24.3 Å². The standard InChI is InChI=1S/C17H23NO3/c1-12-5-7-14(8-6-12)21-10-9-18-11-13-3-2-4-15(13)16(18)17(19)20/h5-8,13,15-16H,2-4,9-11H2,1H3,(H,19,20). The first kappa shape index (κ1) is 14.4. The van der Waals surface area contributed by atoms with Crippen LogP contribution in [0.1, 0.15) is 24.8 Å². The van der Waals surface area contributed by atoms with Gasteiger partial charge in [-0.05, 0) is 43.7 Å². The summed E-state index contributed by atoms with van der Waals surface area (Å²) in [6.45, 7) is 4.20. The molecule has 3 atom stereocenters. The van der Waals surface area contributed by atoms with Gasteiger partial charge in [-0.3, -0.25) is 9.69 Å². The van der Waals surface area contributed by atoms with Crippen LogP contribution in [-0.4, -0.2) is 41.7 Å². The van der Waals surface area contributed by atoms with Gasteiger partial charge in [-0.15, -0.1) is 0 Å². The Kier molecular flexibility index (Phi) is 4.15. The molecule has 114 valence electrons. The Balaban J connectivity index is 1.54. The number of carboxylic acids is 1. The van der Waals surface area contributed by atoms with Crippen LogP contribution < -0.4 is 4.74 Å². The largest absolute Gasteiger partial charge is 0.492 e. The quantitative estimate of drug-likeness (QED) is 0.905. The predicted octanol–water partition coefficient (Wildman–Crippen LogP) is 2.56. The Morgan fingerprint density at radius 2 is 2.10 bits per heavy atom. The molecule has 1 heterocycles. The van der Waals surface area contributed by atoms with Crippen molar-refractivity contribution in [1.82, 2.24) is 4.90 Å². The number of aliphatic carboxylic acids is 1. The second kappa shape index (κ2) is 6.06. The van der Waals surface area contributed by atoms with Crippen molar-refractivity contribution in [2.45, 2.75) is 32.2 Å². The second-order valence-corrected chi connectivity index (χ2v) is 6.29. The van der Waals surface area contributed by atoms with Crippen molar-refractivity contribution in [2.24, 2.45) is 11.8 Å². The van der Waals surface area contributed by atoms with Crippen molar-refractivity contribution in [3.05, 3.63) is 29.8 Å². The number of aryl methyl sites for hydroxylation is 1. The summed E-state index contributed by atoms with van der Waals surface area (Å²) in [6.07, 6.45) is 3.44. The fraction of sp³-hybridized carbons (Fsp3) is 0.588. The molecule has 1 aromatic rings. The third-order valence-electron chi connectivity index (χ3n) is 4.91. The van der Waals surface area contributed by atoms with E-state index in [-0.39, 0.29) is 6.04 Å². The first-order valence-corrected chi connectivity index (χ1v) is 7.81. The highest BCUT2D eigenvalue weighted by molar-refractivity contribution is 5.74. The Bertz CT molecular complexity index is 499. The number of carboxylic acid groups (broad SMARTS) is 1. The molecule has 0 spiro atoms. The van der Waals surface area contributed by atoms with Gasteiger partial charge in [0.05, 0.1) is 0 Å². The normalized spacial score (nSPS) is 28.5. The molecule has 3 unspecified atom stereocenters. The third kappa shape index (κ3) is 3.05. The lowest BCUT2D eigenvalue weighted by Gasteiger charge is -2.24. The van der Waals surface area contributed by atoms with E-state index in [1.54, 1.807) is 0 Å². The summed E-state index contributed by atoms with van der Waals surface area (Å²) < 4.78 is 5.74. The van der Waals surface area contributed by atoms with Crippen LogP contribution in [0.2, 0.25) is 0 Å². The molecule has 0 radical (unpaired) electrons. The van der Waals surface area contributed by atoms with Gasteiger partial charge in [-0.1, -0.05) is 24.1 Å². The highest BCUT2D eigenvalue weighted by Gasteiger charge is 2.47. The minimum atomic E-state index is -0.667. The maximum absolute atomic E-state index is 11.5. The maximum Gasteiger partial charge on any atom is 0.321 e. The first-order valence-electron chi connectivity index (χ1n) is 7.81. The molecule has 1 saturated heterocycles. The molecule has 1 saturated carbocycles. The van der Waals surface area contributed by atoms with Gasteiger partial charge < -0.3 is 9.84 Å². The van der Waals surface area contributed by atoms with Crippen LogP contribution in [0, 0.1) is 18.8 Å². The SMILES string of the molecule is Cc1ccc(OCCN2CC3CCCC3C2C(=O)O)cc1. The van der Waals surface area contributed by atoms with E-state index in [2.05, 4.69) is 4.90 Å². The summed E-state index contributed by atoms with van der Waals surface area (Å²) in [5.41, 5.74) is 1.21. The fourth-order valence-electron chi connectivity index (χ4n) is 3.88. The number of ether oxygens (including phenoxy) is 1. The Hall–Kier alpha value is -1.55. The minimum absolute atomic E-state index is 0.306. The molecule has 4 nitrogen and oxygen atoms in total. The molecule has 1 aliphatic carbocycles. The van der Waals surface area contributed by atoms with Crippen LogP contribution in [0.4, 0.5) is 0 Å². The van der Waals surface area contributed by atoms with Gasteiger partial charge in [0.2, 0.25) is 0 Å². The Morgan fingerprint density at radius 1 is 1.33 bits per heavy atom. The van der Waals surface area contributed by atoms with E-state index < -0.39 is 5.97 Å². The lowest BCUT2D eigenvalue weighted by atomic mass is 9.94. The average Bonchev–Trinajstić information content (AvgIpc) is 3.00. The van der Waals surface area contributed by atoms with Crippen LogP contribution >= 0.6 is 0 Å². The number of rotatable bonds is 5. The maximum atomic E-state index is 11.5. The second-order valence-electron chi connectivity index (χ2n) is 6.29. The van der Waals surface area contributed by atoms with E-state index in [0.717, 1.165) is 18.7 Å². The topological polar surface area (TPSA) is 49.8 Å². The molecule has 1 aliphatic heterocycles. The summed E-state index contributed by atoms with van der Waals surface area (Å²) in [4.78, 5) is 13.6. The Labute approximate surface area is 125 Å². The number of hydrogen-bond donors (Lipinski definition) is 1. The van der Waals surface area contributed by atoms with Crippen molar-refractivity contribution in [3.63, 3.8) is 0 Å². The van der Waals surface area contributed by atoms with Gasteiger partial charge in [-0.2, -0.15) is 0 Å². The molecular formula is C17H23NO3. The molecule has 21 heavy (non-hydrogen) atoms. The zero-order valence-electron chi connectivity index (χ0n) is 12.5. The summed E-state index contributed by atoms with van der Waals surface area (Å²) in [5, 5.41) is 9.50. The van der Waals surface area contributed by atoms with Gasteiger partial charge in [0, 0.05) is 13.1 Å². The number of nitrogens with zero attached hydrogens (tertiary/aromatic N) is 1. The van der Waals surface area contributed by atoms with E-state index in [1.807, 2.05) is 31.2 Å². The number of hydrogen-bond acceptors (Lipinski definition) is 3. The van der Waals surface area contributed by atoms with Crippen LogP contribution in [0.5, 0.6) is 5.75 Å². The van der Waals surface area contributed by atoms with Gasteiger partial charge >= 0.3 is 5.97 Å². The van der Waals surface area contributed by atoms with Gasteiger partial charge in [0.25, 0.3) is 0 Å². The summed E-state index contributed by atoms with van der Waals surface area (Å²) >= 11 is 0. The molecule has 1 N–H and O–H groups in total.